The number of benzene rings is 1. The Morgan fingerprint density at radius 1 is 1.40 bits per heavy atom. The van der Waals surface area contributed by atoms with Crippen LogP contribution in [0.15, 0.2) is 23.1 Å². The normalized spacial score (nSPS) is 22.5. The van der Waals surface area contributed by atoms with Crippen molar-refractivity contribution in [3.63, 3.8) is 0 Å². The minimum atomic E-state index is 0.135. The molecular formula is C16H24N2OS. The van der Waals surface area contributed by atoms with Crippen LogP contribution >= 0.6 is 11.8 Å². The standard InChI is InChI=1S/C16H24N2OS/c1-11-6-3-4-8-14(11)18-16(19)10-20-15-9-5-7-13(17)12(15)2/h5,7,9,11,14H,3-4,6,8,10,17H2,1-2H3,(H,18,19). The molecule has 1 amide bonds. The number of thioether (sulfide) groups is 1. The summed E-state index contributed by atoms with van der Waals surface area (Å²) in [7, 11) is 0. The lowest BCUT2D eigenvalue weighted by Gasteiger charge is -2.29. The van der Waals surface area contributed by atoms with Crippen LogP contribution in [0.4, 0.5) is 5.69 Å². The van der Waals surface area contributed by atoms with E-state index >= 15 is 0 Å². The van der Waals surface area contributed by atoms with Crippen molar-refractivity contribution in [2.75, 3.05) is 11.5 Å². The summed E-state index contributed by atoms with van der Waals surface area (Å²) in [4.78, 5) is 13.2. The summed E-state index contributed by atoms with van der Waals surface area (Å²) in [5.41, 5.74) is 7.74. The lowest BCUT2D eigenvalue weighted by molar-refractivity contribution is -0.119. The lowest BCUT2D eigenvalue weighted by Crippen LogP contribution is -2.41. The molecule has 0 saturated heterocycles. The van der Waals surface area contributed by atoms with Crippen LogP contribution in [0.1, 0.15) is 38.2 Å². The molecule has 1 fully saturated rings. The largest absolute Gasteiger partial charge is 0.398 e. The van der Waals surface area contributed by atoms with Gasteiger partial charge in [0.1, 0.15) is 0 Å². The summed E-state index contributed by atoms with van der Waals surface area (Å²) in [6.45, 7) is 4.23. The summed E-state index contributed by atoms with van der Waals surface area (Å²) >= 11 is 1.57. The number of hydrogen-bond acceptors (Lipinski definition) is 3. The number of carbonyl (C=O) groups is 1. The van der Waals surface area contributed by atoms with Crippen LogP contribution in [-0.4, -0.2) is 17.7 Å². The third-order valence-corrected chi connectivity index (χ3v) is 5.30. The molecule has 1 saturated carbocycles. The Bertz CT molecular complexity index is 476. The summed E-state index contributed by atoms with van der Waals surface area (Å²) in [5, 5.41) is 3.18. The van der Waals surface area contributed by atoms with Gasteiger partial charge in [-0.2, -0.15) is 0 Å². The SMILES string of the molecule is Cc1c(N)cccc1SCC(=O)NC1CCCCC1C. The van der Waals surface area contributed by atoms with Crippen molar-refractivity contribution in [1.29, 1.82) is 0 Å². The molecular weight excluding hydrogens is 268 g/mol. The Hall–Kier alpha value is -1.16. The van der Waals surface area contributed by atoms with Gasteiger partial charge in [0.25, 0.3) is 0 Å². The predicted octanol–water partition coefficient (Wildman–Crippen LogP) is 3.36. The average Bonchev–Trinajstić information content (AvgIpc) is 2.43. The van der Waals surface area contributed by atoms with E-state index in [1.807, 2.05) is 25.1 Å². The van der Waals surface area contributed by atoms with Crippen LogP contribution in [0.5, 0.6) is 0 Å². The molecule has 0 heterocycles. The Labute approximate surface area is 125 Å². The number of nitrogens with two attached hydrogens (primary N) is 1. The molecule has 1 aromatic carbocycles. The fourth-order valence-corrected chi connectivity index (χ4v) is 3.59. The molecule has 1 aliphatic rings. The molecule has 0 bridgehead atoms. The fraction of sp³-hybridized carbons (Fsp3) is 0.562. The number of anilines is 1. The Kier molecular flexibility index (Phi) is 5.35. The van der Waals surface area contributed by atoms with E-state index in [-0.39, 0.29) is 5.91 Å². The number of amides is 1. The third kappa shape index (κ3) is 3.92. The van der Waals surface area contributed by atoms with Crippen LogP contribution in [0.2, 0.25) is 0 Å². The van der Waals surface area contributed by atoms with E-state index < -0.39 is 0 Å². The molecule has 1 aliphatic carbocycles. The highest BCUT2D eigenvalue weighted by molar-refractivity contribution is 8.00. The second-order valence-corrected chi connectivity index (χ2v) is 6.71. The first kappa shape index (κ1) is 15.2. The zero-order chi connectivity index (χ0) is 14.5. The maximum absolute atomic E-state index is 12.1. The van der Waals surface area contributed by atoms with Crippen LogP contribution in [0, 0.1) is 12.8 Å². The van der Waals surface area contributed by atoms with E-state index in [0.717, 1.165) is 22.6 Å². The minimum absolute atomic E-state index is 0.135. The summed E-state index contributed by atoms with van der Waals surface area (Å²) in [6, 6.07) is 6.21. The molecule has 0 aliphatic heterocycles. The summed E-state index contributed by atoms with van der Waals surface area (Å²) in [6.07, 6.45) is 4.88. The third-order valence-electron chi connectivity index (χ3n) is 4.14. The molecule has 0 radical (unpaired) electrons. The topological polar surface area (TPSA) is 55.1 Å². The number of nitrogen functional groups attached to an aromatic ring is 1. The van der Waals surface area contributed by atoms with Gasteiger partial charge in [0.15, 0.2) is 0 Å². The number of nitrogens with one attached hydrogen (secondary N) is 1. The first-order valence-corrected chi connectivity index (χ1v) is 8.33. The smallest absolute Gasteiger partial charge is 0.230 e. The van der Waals surface area contributed by atoms with E-state index in [1.54, 1.807) is 11.8 Å². The molecule has 110 valence electrons. The first-order valence-electron chi connectivity index (χ1n) is 7.35. The summed E-state index contributed by atoms with van der Waals surface area (Å²) < 4.78 is 0. The minimum Gasteiger partial charge on any atom is -0.398 e. The van der Waals surface area contributed by atoms with E-state index in [4.69, 9.17) is 5.73 Å². The highest BCUT2D eigenvalue weighted by Gasteiger charge is 2.22. The molecule has 3 nitrogen and oxygen atoms in total. The number of rotatable bonds is 4. The Balaban J connectivity index is 1.84. The van der Waals surface area contributed by atoms with Crippen molar-refractivity contribution in [3.8, 4) is 0 Å². The van der Waals surface area contributed by atoms with Gasteiger partial charge in [-0.25, -0.2) is 0 Å². The Morgan fingerprint density at radius 2 is 2.15 bits per heavy atom. The molecule has 4 heteroatoms. The number of carbonyl (C=O) groups excluding carboxylic acids is 1. The van der Waals surface area contributed by atoms with E-state index in [1.165, 1.54) is 19.3 Å². The van der Waals surface area contributed by atoms with Crippen LogP contribution in [-0.2, 0) is 4.79 Å². The van der Waals surface area contributed by atoms with Crippen molar-refractivity contribution in [3.05, 3.63) is 23.8 Å². The molecule has 0 aromatic heterocycles. The lowest BCUT2D eigenvalue weighted by atomic mass is 9.86. The van der Waals surface area contributed by atoms with Gasteiger partial charge in [0.2, 0.25) is 5.91 Å². The first-order chi connectivity index (χ1) is 9.58. The molecule has 3 N–H and O–H groups in total. The molecule has 2 rings (SSSR count). The van der Waals surface area contributed by atoms with Crippen molar-refractivity contribution in [2.45, 2.75) is 50.5 Å². The molecule has 2 atom stereocenters. The van der Waals surface area contributed by atoms with Crippen molar-refractivity contribution < 1.29 is 4.79 Å². The van der Waals surface area contributed by atoms with Crippen LogP contribution in [0.25, 0.3) is 0 Å². The van der Waals surface area contributed by atoms with Gasteiger partial charge in [-0.15, -0.1) is 11.8 Å². The maximum Gasteiger partial charge on any atom is 0.230 e. The van der Waals surface area contributed by atoms with Gasteiger partial charge in [-0.3, -0.25) is 4.79 Å². The molecule has 1 aromatic rings. The zero-order valence-corrected chi connectivity index (χ0v) is 13.1. The van der Waals surface area contributed by atoms with Crippen molar-refractivity contribution >= 4 is 23.4 Å². The number of hydrogen-bond donors (Lipinski definition) is 2. The quantitative estimate of drug-likeness (QED) is 0.661. The van der Waals surface area contributed by atoms with Gasteiger partial charge in [-0.05, 0) is 43.4 Å². The van der Waals surface area contributed by atoms with Gasteiger partial charge in [-0.1, -0.05) is 25.8 Å². The highest BCUT2D eigenvalue weighted by atomic mass is 32.2. The van der Waals surface area contributed by atoms with Gasteiger partial charge in [0.05, 0.1) is 5.75 Å². The second kappa shape index (κ2) is 7.02. The molecule has 2 unspecified atom stereocenters. The van der Waals surface area contributed by atoms with E-state index in [9.17, 15) is 4.79 Å². The van der Waals surface area contributed by atoms with Gasteiger partial charge < -0.3 is 11.1 Å². The monoisotopic (exact) mass is 292 g/mol. The summed E-state index contributed by atoms with van der Waals surface area (Å²) in [5.74, 6) is 1.20. The van der Waals surface area contributed by atoms with Gasteiger partial charge >= 0.3 is 0 Å². The highest BCUT2D eigenvalue weighted by Crippen LogP contribution is 2.27. The van der Waals surface area contributed by atoms with Crippen molar-refractivity contribution in [2.24, 2.45) is 5.92 Å². The molecule has 0 spiro atoms. The fourth-order valence-electron chi connectivity index (χ4n) is 2.71. The Morgan fingerprint density at radius 3 is 2.90 bits per heavy atom. The predicted molar refractivity (Wildman–Crippen MR) is 85.9 cm³/mol. The molecule has 20 heavy (non-hydrogen) atoms. The van der Waals surface area contributed by atoms with E-state index in [0.29, 0.717) is 17.7 Å². The maximum atomic E-state index is 12.1. The second-order valence-electron chi connectivity index (χ2n) is 5.69. The zero-order valence-electron chi connectivity index (χ0n) is 12.3. The van der Waals surface area contributed by atoms with Crippen LogP contribution in [0.3, 0.4) is 0 Å². The van der Waals surface area contributed by atoms with Crippen LogP contribution < -0.4 is 11.1 Å². The van der Waals surface area contributed by atoms with Crippen molar-refractivity contribution in [1.82, 2.24) is 5.32 Å². The van der Waals surface area contributed by atoms with Gasteiger partial charge in [0, 0.05) is 16.6 Å². The average molecular weight is 292 g/mol. The van der Waals surface area contributed by atoms with E-state index in [2.05, 4.69) is 12.2 Å².